The van der Waals surface area contributed by atoms with E-state index in [0.717, 1.165) is 11.1 Å². The van der Waals surface area contributed by atoms with E-state index in [-0.39, 0.29) is 6.61 Å². The lowest BCUT2D eigenvalue weighted by Gasteiger charge is -2.04. The Morgan fingerprint density at radius 1 is 1.13 bits per heavy atom. The Balaban J connectivity index is 1.62. The van der Waals surface area contributed by atoms with Crippen molar-refractivity contribution < 1.29 is 9.63 Å². The molecular weight excluding hydrogens is 314 g/mol. The molecule has 2 N–H and O–H groups in total. The molecule has 2 aromatic carbocycles. The Morgan fingerprint density at radius 3 is 2.65 bits per heavy atom. The van der Waals surface area contributed by atoms with Gasteiger partial charge in [-0.15, -0.1) is 0 Å². The number of carbonyl (C=O) groups is 1. The summed E-state index contributed by atoms with van der Waals surface area (Å²) in [6.07, 6.45) is 0. The number of hydrogen-bond donors (Lipinski definition) is 2. The maximum absolute atomic E-state index is 12.0. The summed E-state index contributed by atoms with van der Waals surface area (Å²) in [5.41, 5.74) is 5.01. The highest BCUT2D eigenvalue weighted by Gasteiger charge is 2.12. The highest BCUT2D eigenvalue weighted by molar-refractivity contribution is 6.33. The smallest absolute Gasteiger partial charge is 0.272 e. The number of rotatable bonds is 5. The number of hydrogen-bond acceptors (Lipinski definition) is 3. The third-order valence-electron chi connectivity index (χ3n) is 3.22. The molecule has 0 aliphatic rings. The van der Waals surface area contributed by atoms with Crippen LogP contribution in [0.4, 0.5) is 0 Å². The van der Waals surface area contributed by atoms with Gasteiger partial charge >= 0.3 is 0 Å². The average Bonchev–Trinajstić information content (AvgIpc) is 3.06. The highest BCUT2D eigenvalue weighted by Crippen LogP contribution is 2.26. The van der Waals surface area contributed by atoms with E-state index in [4.69, 9.17) is 16.4 Å². The van der Waals surface area contributed by atoms with Crippen molar-refractivity contribution in [2.45, 2.75) is 6.61 Å². The van der Waals surface area contributed by atoms with Gasteiger partial charge in [0.2, 0.25) is 0 Å². The molecule has 1 heterocycles. The topological polar surface area (TPSA) is 67.0 Å². The predicted octanol–water partition coefficient (Wildman–Crippen LogP) is 3.59. The number of carbonyl (C=O) groups excluding carboxylic acids is 1. The fraction of sp³-hybridized carbons (Fsp3) is 0.0588. The van der Waals surface area contributed by atoms with E-state index >= 15 is 0 Å². The number of nitrogens with one attached hydrogen (secondary N) is 2. The summed E-state index contributed by atoms with van der Waals surface area (Å²) < 4.78 is 0. The number of nitrogens with zero attached hydrogens (tertiary/aromatic N) is 1. The van der Waals surface area contributed by atoms with Crippen LogP contribution >= 0.6 is 11.6 Å². The van der Waals surface area contributed by atoms with Crippen molar-refractivity contribution in [3.8, 4) is 11.3 Å². The van der Waals surface area contributed by atoms with Crippen molar-refractivity contribution in [3.05, 3.63) is 76.9 Å². The van der Waals surface area contributed by atoms with Crippen LogP contribution in [0.15, 0.2) is 60.7 Å². The summed E-state index contributed by atoms with van der Waals surface area (Å²) in [7, 11) is 0. The van der Waals surface area contributed by atoms with Crippen LogP contribution in [0.5, 0.6) is 0 Å². The van der Waals surface area contributed by atoms with Crippen LogP contribution in [0.1, 0.15) is 16.1 Å². The van der Waals surface area contributed by atoms with Gasteiger partial charge in [0.15, 0.2) is 0 Å². The van der Waals surface area contributed by atoms with Crippen LogP contribution in [0.2, 0.25) is 5.02 Å². The Labute approximate surface area is 138 Å². The number of aromatic amines is 1. The number of H-pyrrole nitrogens is 1. The first-order valence-corrected chi connectivity index (χ1v) is 7.38. The van der Waals surface area contributed by atoms with E-state index in [1.165, 1.54) is 0 Å². The van der Waals surface area contributed by atoms with Gasteiger partial charge in [0, 0.05) is 5.56 Å². The van der Waals surface area contributed by atoms with Gasteiger partial charge in [-0.25, -0.2) is 5.48 Å². The van der Waals surface area contributed by atoms with Gasteiger partial charge in [0.05, 0.1) is 17.3 Å². The lowest BCUT2D eigenvalue weighted by Crippen LogP contribution is -2.23. The van der Waals surface area contributed by atoms with E-state index in [0.29, 0.717) is 16.4 Å². The number of amides is 1. The minimum Gasteiger partial charge on any atom is -0.272 e. The molecule has 3 rings (SSSR count). The molecule has 6 heteroatoms. The monoisotopic (exact) mass is 327 g/mol. The molecule has 0 unspecified atom stereocenters. The van der Waals surface area contributed by atoms with Crippen molar-refractivity contribution in [3.63, 3.8) is 0 Å². The predicted molar refractivity (Wildman–Crippen MR) is 87.7 cm³/mol. The van der Waals surface area contributed by atoms with Crippen LogP contribution in [-0.2, 0) is 11.4 Å². The van der Waals surface area contributed by atoms with E-state index in [1.807, 2.05) is 48.5 Å². The summed E-state index contributed by atoms with van der Waals surface area (Å²) in [6.45, 7) is 0.290. The molecule has 1 amide bonds. The minimum absolute atomic E-state index is 0.290. The minimum atomic E-state index is -0.397. The molecule has 0 fully saturated rings. The van der Waals surface area contributed by atoms with Crippen molar-refractivity contribution >= 4 is 17.5 Å². The van der Waals surface area contributed by atoms with Crippen LogP contribution in [0, 0.1) is 0 Å². The number of benzene rings is 2. The highest BCUT2D eigenvalue weighted by atomic mass is 35.5. The van der Waals surface area contributed by atoms with E-state index in [1.54, 1.807) is 12.1 Å². The normalized spacial score (nSPS) is 10.5. The molecule has 0 aliphatic carbocycles. The summed E-state index contributed by atoms with van der Waals surface area (Å²) in [5.74, 6) is -0.397. The summed E-state index contributed by atoms with van der Waals surface area (Å²) >= 11 is 6.12. The zero-order valence-electron chi connectivity index (χ0n) is 12.1. The van der Waals surface area contributed by atoms with Crippen LogP contribution in [-0.4, -0.2) is 16.1 Å². The third kappa shape index (κ3) is 3.77. The maximum Gasteiger partial charge on any atom is 0.292 e. The van der Waals surface area contributed by atoms with Gasteiger partial charge in [-0.3, -0.25) is 14.7 Å². The Morgan fingerprint density at radius 2 is 1.87 bits per heavy atom. The van der Waals surface area contributed by atoms with Gasteiger partial charge < -0.3 is 0 Å². The molecule has 0 bridgehead atoms. The fourth-order valence-corrected chi connectivity index (χ4v) is 2.29. The molecule has 0 spiro atoms. The second-order valence-corrected chi connectivity index (χ2v) is 5.26. The Kier molecular flexibility index (Phi) is 4.71. The van der Waals surface area contributed by atoms with Crippen molar-refractivity contribution in [2.75, 3.05) is 0 Å². The van der Waals surface area contributed by atoms with E-state index in [2.05, 4.69) is 15.7 Å². The zero-order valence-corrected chi connectivity index (χ0v) is 12.9. The van der Waals surface area contributed by atoms with Gasteiger partial charge in [-0.2, -0.15) is 5.10 Å². The van der Waals surface area contributed by atoms with Crippen LogP contribution < -0.4 is 5.48 Å². The molecule has 0 atom stereocenters. The van der Waals surface area contributed by atoms with Gasteiger partial charge in [0.1, 0.15) is 5.69 Å². The molecular formula is C17H14ClN3O2. The lowest BCUT2D eigenvalue weighted by atomic mass is 10.1. The quantitative estimate of drug-likeness (QED) is 0.704. The third-order valence-corrected chi connectivity index (χ3v) is 3.55. The molecule has 0 aliphatic heterocycles. The summed E-state index contributed by atoms with van der Waals surface area (Å²) in [5, 5.41) is 7.36. The van der Waals surface area contributed by atoms with Crippen molar-refractivity contribution in [1.82, 2.24) is 15.7 Å². The Bertz CT molecular complexity index is 802. The molecule has 5 nitrogen and oxygen atoms in total. The first-order chi connectivity index (χ1) is 11.2. The molecule has 0 saturated heterocycles. The number of hydroxylamine groups is 1. The Hall–Kier alpha value is -2.63. The van der Waals surface area contributed by atoms with Gasteiger partial charge in [-0.1, -0.05) is 60.1 Å². The summed E-state index contributed by atoms with van der Waals surface area (Å²) in [4.78, 5) is 17.2. The first-order valence-electron chi connectivity index (χ1n) is 7.00. The van der Waals surface area contributed by atoms with Crippen molar-refractivity contribution in [2.24, 2.45) is 0 Å². The second-order valence-electron chi connectivity index (χ2n) is 4.85. The molecule has 1 aromatic heterocycles. The van der Waals surface area contributed by atoms with E-state index < -0.39 is 5.91 Å². The fourth-order valence-electron chi connectivity index (χ4n) is 2.06. The second kappa shape index (κ2) is 7.09. The van der Waals surface area contributed by atoms with Crippen molar-refractivity contribution in [1.29, 1.82) is 0 Å². The lowest BCUT2D eigenvalue weighted by molar-refractivity contribution is 0.0229. The standard InChI is InChI=1S/C17H14ClN3O2/c18-14-9-5-4-8-13(14)15-10-16(20-19-15)17(22)21-23-11-12-6-2-1-3-7-12/h1-10H,11H2,(H,19,20)(H,21,22). The average molecular weight is 328 g/mol. The maximum atomic E-state index is 12.0. The zero-order chi connectivity index (χ0) is 16.1. The SMILES string of the molecule is O=C(NOCc1ccccc1)c1cc(-c2ccccc2Cl)n[nH]1. The summed E-state index contributed by atoms with van der Waals surface area (Å²) in [6, 6.07) is 18.5. The molecule has 0 saturated carbocycles. The number of aromatic nitrogens is 2. The van der Waals surface area contributed by atoms with Gasteiger partial charge in [0.25, 0.3) is 5.91 Å². The largest absolute Gasteiger partial charge is 0.292 e. The van der Waals surface area contributed by atoms with E-state index in [9.17, 15) is 4.79 Å². The molecule has 116 valence electrons. The first kappa shape index (κ1) is 15.3. The molecule has 3 aromatic rings. The molecule has 23 heavy (non-hydrogen) atoms. The van der Waals surface area contributed by atoms with Crippen LogP contribution in [0.3, 0.4) is 0 Å². The van der Waals surface area contributed by atoms with Gasteiger partial charge in [-0.05, 0) is 17.7 Å². The van der Waals surface area contributed by atoms with Crippen LogP contribution in [0.25, 0.3) is 11.3 Å². The molecule has 0 radical (unpaired) electrons. The number of halogens is 1.